The number of ether oxygens (including phenoxy) is 1. The Morgan fingerprint density at radius 1 is 1.07 bits per heavy atom. The van der Waals surface area contributed by atoms with Crippen molar-refractivity contribution < 1.29 is 18.5 Å². The van der Waals surface area contributed by atoms with Gasteiger partial charge in [-0.2, -0.15) is 5.10 Å². The third kappa shape index (κ3) is 5.81. The van der Waals surface area contributed by atoms with Gasteiger partial charge in [-0.15, -0.1) is 0 Å². The van der Waals surface area contributed by atoms with E-state index < -0.39 is 24.9 Å². The summed E-state index contributed by atoms with van der Waals surface area (Å²) in [5, 5.41) is 8.88. The molecule has 2 aromatic carbocycles. The van der Waals surface area contributed by atoms with Crippen molar-refractivity contribution in [3.63, 3.8) is 0 Å². The number of imidazole rings is 1. The lowest BCUT2D eigenvalue weighted by Gasteiger charge is -2.34. The minimum atomic E-state index is -2.58. The number of hydrogen-bond acceptors (Lipinski definition) is 6. The van der Waals surface area contributed by atoms with Gasteiger partial charge in [0, 0.05) is 61.3 Å². The summed E-state index contributed by atoms with van der Waals surface area (Å²) >= 11 is 0. The standard InChI is InChI=1S/C34H44FN6O4P/c1-10-46(44,11-2)28-13-12-24(20-27(28)36-9)39-16-17-40(32(39)42)31-29-23(5)38(33(43)45-34(6,7)8)15-14-26(29)37-41(31)25-18-21(3)30(35)22(4)19-25/h12-13,16-20,23,36H,10-11,14-15H2,1-9H3/t23-/m0/s1. The number of aromatic nitrogens is 4. The Kier molecular flexibility index (Phi) is 8.85. The summed E-state index contributed by atoms with van der Waals surface area (Å²) in [5.74, 6) is 0.173. The highest BCUT2D eigenvalue weighted by Crippen LogP contribution is 2.45. The fourth-order valence-corrected chi connectivity index (χ4v) is 8.30. The van der Waals surface area contributed by atoms with Gasteiger partial charge in [-0.05, 0) is 83.0 Å². The van der Waals surface area contributed by atoms with E-state index in [0.29, 0.717) is 59.3 Å². The highest BCUT2D eigenvalue weighted by Gasteiger charge is 2.37. The van der Waals surface area contributed by atoms with Crippen LogP contribution in [0.15, 0.2) is 47.5 Å². The van der Waals surface area contributed by atoms with E-state index in [0.717, 1.165) is 16.6 Å². The SMILES string of the molecule is CCP(=O)(CC)c1ccc(-n2ccn(-c3c4c(nn3-c3cc(C)c(F)c(C)c3)CCN(C(=O)OC(C)(C)C)[C@H]4C)c2=O)cc1NC. The number of carbonyl (C=O) groups is 1. The molecule has 0 aliphatic carbocycles. The Morgan fingerprint density at radius 2 is 1.70 bits per heavy atom. The molecule has 0 spiro atoms. The van der Waals surface area contributed by atoms with Gasteiger partial charge in [-0.1, -0.05) is 13.8 Å². The minimum Gasteiger partial charge on any atom is -0.444 e. The van der Waals surface area contributed by atoms with Gasteiger partial charge in [-0.25, -0.2) is 18.7 Å². The highest BCUT2D eigenvalue weighted by molar-refractivity contribution is 7.71. The lowest BCUT2D eigenvalue weighted by atomic mass is 10.00. The molecule has 0 bridgehead atoms. The first-order valence-corrected chi connectivity index (χ1v) is 17.8. The molecule has 1 aliphatic rings. The average Bonchev–Trinajstić information content (AvgIpc) is 3.58. The van der Waals surface area contributed by atoms with Gasteiger partial charge in [0.1, 0.15) is 24.4 Å². The molecule has 0 radical (unpaired) electrons. The zero-order valence-electron chi connectivity index (χ0n) is 28.1. The van der Waals surface area contributed by atoms with Crippen molar-refractivity contribution in [2.24, 2.45) is 0 Å². The third-order valence-corrected chi connectivity index (χ3v) is 12.0. The fraction of sp³-hybridized carbons (Fsp3) is 0.441. The molecule has 1 aliphatic heterocycles. The van der Waals surface area contributed by atoms with E-state index >= 15 is 0 Å². The Hall–Kier alpha value is -4.11. The van der Waals surface area contributed by atoms with Crippen LogP contribution in [0.2, 0.25) is 0 Å². The van der Waals surface area contributed by atoms with Gasteiger partial charge >= 0.3 is 11.8 Å². The van der Waals surface area contributed by atoms with Crippen LogP contribution in [0.4, 0.5) is 14.9 Å². The Bertz CT molecular complexity index is 1890. The summed E-state index contributed by atoms with van der Waals surface area (Å²) in [6.45, 7) is 15.0. The predicted molar refractivity (Wildman–Crippen MR) is 181 cm³/mol. The quantitative estimate of drug-likeness (QED) is 0.229. The fourth-order valence-electron chi connectivity index (χ4n) is 6.21. The number of benzene rings is 2. The van der Waals surface area contributed by atoms with Crippen LogP contribution in [-0.2, 0) is 15.7 Å². The molecule has 10 nitrogen and oxygen atoms in total. The van der Waals surface area contributed by atoms with E-state index in [4.69, 9.17) is 9.84 Å². The van der Waals surface area contributed by atoms with E-state index in [9.17, 15) is 18.5 Å². The van der Waals surface area contributed by atoms with Gasteiger partial charge < -0.3 is 19.5 Å². The van der Waals surface area contributed by atoms with Crippen LogP contribution in [0, 0.1) is 19.7 Å². The van der Waals surface area contributed by atoms with Gasteiger partial charge in [0.05, 0.1) is 23.1 Å². The van der Waals surface area contributed by atoms with Crippen molar-refractivity contribution in [2.75, 3.05) is 31.2 Å². The molecule has 46 heavy (non-hydrogen) atoms. The number of aryl methyl sites for hydroxylation is 2. The van der Waals surface area contributed by atoms with Crippen molar-refractivity contribution in [1.29, 1.82) is 0 Å². The lowest BCUT2D eigenvalue weighted by molar-refractivity contribution is 0.0159. The van der Waals surface area contributed by atoms with Crippen LogP contribution in [-0.4, -0.2) is 61.4 Å². The number of amides is 1. The molecule has 1 N–H and O–H groups in total. The summed E-state index contributed by atoms with van der Waals surface area (Å²) in [5.41, 5.74) is 3.27. The molecule has 0 fully saturated rings. The molecule has 246 valence electrons. The summed E-state index contributed by atoms with van der Waals surface area (Å²) < 4.78 is 38.7. The highest BCUT2D eigenvalue weighted by atomic mass is 31.2. The van der Waals surface area contributed by atoms with E-state index in [-0.39, 0.29) is 11.5 Å². The normalized spacial score (nSPS) is 15.2. The molecule has 12 heteroatoms. The molecule has 0 unspecified atom stereocenters. The first kappa shape index (κ1) is 33.3. The summed E-state index contributed by atoms with van der Waals surface area (Å²) in [6.07, 6.45) is 4.45. The topological polar surface area (TPSA) is 103 Å². The summed E-state index contributed by atoms with van der Waals surface area (Å²) in [7, 11) is -0.802. The van der Waals surface area contributed by atoms with Crippen LogP contribution < -0.4 is 16.3 Å². The number of rotatable bonds is 7. The number of carbonyl (C=O) groups excluding carboxylic acids is 1. The van der Waals surface area contributed by atoms with Crippen LogP contribution in [0.3, 0.4) is 0 Å². The number of hydrogen-bond donors (Lipinski definition) is 1. The van der Waals surface area contributed by atoms with Gasteiger partial charge in [-0.3, -0.25) is 9.13 Å². The molecule has 1 amide bonds. The number of halogens is 1. The zero-order valence-corrected chi connectivity index (χ0v) is 29.0. The average molecular weight is 651 g/mol. The van der Waals surface area contributed by atoms with E-state index in [1.54, 1.807) is 55.0 Å². The molecule has 5 rings (SSSR count). The number of nitrogens with zero attached hydrogens (tertiary/aromatic N) is 5. The Balaban J connectivity index is 1.70. The third-order valence-electron chi connectivity index (χ3n) is 8.74. The first-order valence-electron chi connectivity index (χ1n) is 15.7. The maximum absolute atomic E-state index is 14.7. The number of anilines is 1. The summed E-state index contributed by atoms with van der Waals surface area (Å²) in [4.78, 5) is 29.2. The van der Waals surface area contributed by atoms with Crippen molar-refractivity contribution in [1.82, 2.24) is 23.8 Å². The van der Waals surface area contributed by atoms with Crippen LogP contribution in [0.25, 0.3) is 17.2 Å². The molecular formula is C34H44FN6O4P. The van der Waals surface area contributed by atoms with Gasteiger partial charge in [0.25, 0.3) is 0 Å². The number of nitrogens with one attached hydrogen (secondary N) is 1. The maximum Gasteiger partial charge on any atom is 0.410 e. The van der Waals surface area contributed by atoms with Crippen molar-refractivity contribution in [2.45, 2.75) is 73.5 Å². The van der Waals surface area contributed by atoms with Gasteiger partial charge in [0.15, 0.2) is 0 Å². The van der Waals surface area contributed by atoms with Crippen LogP contribution >= 0.6 is 7.14 Å². The zero-order chi connectivity index (χ0) is 33.7. The molecule has 0 saturated carbocycles. The van der Waals surface area contributed by atoms with E-state index in [1.165, 1.54) is 9.13 Å². The second-order valence-electron chi connectivity index (χ2n) is 12.9. The maximum atomic E-state index is 14.7. The first-order chi connectivity index (χ1) is 21.6. The number of fused-ring (bicyclic) bond motifs is 1. The summed E-state index contributed by atoms with van der Waals surface area (Å²) in [6, 6.07) is 8.45. The molecule has 3 heterocycles. The lowest BCUT2D eigenvalue weighted by Crippen LogP contribution is -2.42. The Labute approximate surface area is 269 Å². The van der Waals surface area contributed by atoms with E-state index in [2.05, 4.69) is 5.32 Å². The smallest absolute Gasteiger partial charge is 0.410 e. The second kappa shape index (κ2) is 12.2. The molecule has 2 aromatic heterocycles. The van der Waals surface area contributed by atoms with Crippen LogP contribution in [0.1, 0.15) is 70.0 Å². The predicted octanol–water partition coefficient (Wildman–Crippen LogP) is 6.49. The monoisotopic (exact) mass is 650 g/mol. The molecule has 1 atom stereocenters. The van der Waals surface area contributed by atoms with Crippen molar-refractivity contribution >= 4 is 24.2 Å². The molecule has 0 saturated heterocycles. The second-order valence-corrected chi connectivity index (χ2v) is 16.4. The minimum absolute atomic E-state index is 0.297. The largest absolute Gasteiger partial charge is 0.444 e. The van der Waals surface area contributed by atoms with Gasteiger partial charge in [0.2, 0.25) is 0 Å². The molecule has 4 aromatic rings. The van der Waals surface area contributed by atoms with Crippen molar-refractivity contribution in [3.8, 4) is 17.2 Å². The van der Waals surface area contributed by atoms with E-state index in [1.807, 2.05) is 59.7 Å². The molecular weight excluding hydrogens is 606 g/mol. The van der Waals surface area contributed by atoms with Crippen molar-refractivity contribution in [3.05, 3.63) is 81.4 Å². The Morgan fingerprint density at radius 3 is 2.28 bits per heavy atom. The van der Waals surface area contributed by atoms with Crippen LogP contribution in [0.5, 0.6) is 0 Å².